The van der Waals surface area contributed by atoms with Crippen LogP contribution in [0, 0.1) is 6.92 Å². The summed E-state index contributed by atoms with van der Waals surface area (Å²) in [5.74, 6) is -0.324. The van der Waals surface area contributed by atoms with E-state index in [1.165, 1.54) is 15.9 Å². The summed E-state index contributed by atoms with van der Waals surface area (Å²) < 4.78 is 1.41. The normalized spacial score (nSPS) is 15.3. The van der Waals surface area contributed by atoms with Crippen molar-refractivity contribution in [1.82, 2.24) is 9.55 Å². The molecule has 0 aromatic carbocycles. The van der Waals surface area contributed by atoms with E-state index in [1.54, 1.807) is 6.92 Å². The molecule has 2 heterocycles. The van der Waals surface area contributed by atoms with Crippen molar-refractivity contribution in [2.75, 3.05) is 5.32 Å². The van der Waals surface area contributed by atoms with E-state index < -0.39 is 5.91 Å². The Balaban J connectivity index is 1.60. The Bertz CT molecular complexity index is 1010. The van der Waals surface area contributed by atoms with E-state index >= 15 is 0 Å². The lowest BCUT2D eigenvalue weighted by molar-refractivity contribution is -0.116. The van der Waals surface area contributed by atoms with Gasteiger partial charge in [0.05, 0.1) is 11.3 Å². The Morgan fingerprint density at radius 1 is 1.15 bits per heavy atom. The second-order valence-corrected chi connectivity index (χ2v) is 8.26. The molecule has 0 bridgehead atoms. The van der Waals surface area contributed by atoms with Crippen LogP contribution in [0.15, 0.2) is 4.79 Å². The molecule has 142 valence electrons. The van der Waals surface area contributed by atoms with Crippen molar-refractivity contribution < 1.29 is 9.59 Å². The number of nitrogens with two attached hydrogens (primary N) is 1. The number of aryl methyl sites for hydroxylation is 3. The number of anilines is 1. The quantitative estimate of drug-likeness (QED) is 0.834. The van der Waals surface area contributed by atoms with Crippen molar-refractivity contribution in [3.63, 3.8) is 0 Å². The maximum absolute atomic E-state index is 12.7. The monoisotopic (exact) mass is 386 g/mol. The topological polar surface area (TPSA) is 107 Å². The molecule has 0 spiro atoms. The molecule has 0 unspecified atom stereocenters. The molecule has 0 saturated carbocycles. The minimum Gasteiger partial charge on any atom is -0.365 e. The molecule has 0 saturated heterocycles. The van der Waals surface area contributed by atoms with Crippen LogP contribution >= 0.6 is 11.3 Å². The van der Waals surface area contributed by atoms with Gasteiger partial charge in [-0.15, -0.1) is 11.3 Å². The summed E-state index contributed by atoms with van der Waals surface area (Å²) in [4.78, 5) is 42.9. The summed E-state index contributed by atoms with van der Waals surface area (Å²) in [5.41, 5.74) is 8.42. The summed E-state index contributed by atoms with van der Waals surface area (Å²) in [5, 5.41) is 3.31. The lowest BCUT2D eigenvalue weighted by Gasteiger charge is -2.12. The number of fused-ring (bicyclic) bond motifs is 2. The number of nitrogens with zero attached hydrogens (tertiary/aromatic N) is 2. The maximum atomic E-state index is 12.7. The molecular formula is C19H22N4O3S. The maximum Gasteiger partial charge on any atom is 0.257 e. The summed E-state index contributed by atoms with van der Waals surface area (Å²) in [7, 11) is 0. The smallest absolute Gasteiger partial charge is 0.257 e. The van der Waals surface area contributed by atoms with Gasteiger partial charge in [0.2, 0.25) is 5.91 Å². The third-order valence-electron chi connectivity index (χ3n) is 5.35. The average Bonchev–Trinajstić information content (AvgIpc) is 3.22. The molecule has 7 nitrogen and oxygen atoms in total. The Hall–Kier alpha value is -2.48. The fourth-order valence-corrected chi connectivity index (χ4v) is 5.37. The second kappa shape index (κ2) is 6.92. The number of hydrogen-bond donors (Lipinski definition) is 2. The van der Waals surface area contributed by atoms with Crippen LogP contribution in [-0.2, 0) is 37.0 Å². The first-order valence-corrected chi connectivity index (χ1v) is 10.1. The van der Waals surface area contributed by atoms with Crippen LogP contribution in [0.3, 0.4) is 0 Å². The Labute approximate surface area is 160 Å². The Morgan fingerprint density at radius 2 is 1.89 bits per heavy atom. The molecule has 2 aliphatic rings. The van der Waals surface area contributed by atoms with Gasteiger partial charge in [0, 0.05) is 10.4 Å². The van der Waals surface area contributed by atoms with Gasteiger partial charge in [-0.2, -0.15) is 0 Å². The molecule has 2 aromatic rings. The van der Waals surface area contributed by atoms with Crippen LogP contribution in [0.5, 0.6) is 0 Å². The van der Waals surface area contributed by atoms with E-state index in [9.17, 15) is 14.4 Å². The number of primary amides is 1. The van der Waals surface area contributed by atoms with Gasteiger partial charge < -0.3 is 11.1 Å². The van der Waals surface area contributed by atoms with E-state index in [0.29, 0.717) is 22.8 Å². The molecule has 0 aliphatic heterocycles. The van der Waals surface area contributed by atoms with Gasteiger partial charge in [-0.3, -0.25) is 19.0 Å². The van der Waals surface area contributed by atoms with Gasteiger partial charge in [0.1, 0.15) is 17.4 Å². The molecule has 2 amide bonds. The van der Waals surface area contributed by atoms with Crippen molar-refractivity contribution in [2.45, 2.75) is 58.4 Å². The zero-order valence-electron chi connectivity index (χ0n) is 15.3. The number of hydrogen-bond acceptors (Lipinski definition) is 5. The van der Waals surface area contributed by atoms with E-state index in [1.807, 2.05) is 0 Å². The highest BCUT2D eigenvalue weighted by Crippen LogP contribution is 2.37. The van der Waals surface area contributed by atoms with E-state index in [0.717, 1.165) is 60.2 Å². The Kier molecular flexibility index (Phi) is 4.59. The third-order valence-corrected chi connectivity index (χ3v) is 6.56. The van der Waals surface area contributed by atoms with Gasteiger partial charge in [0.15, 0.2) is 0 Å². The molecule has 8 heteroatoms. The van der Waals surface area contributed by atoms with Crippen molar-refractivity contribution >= 4 is 28.2 Å². The highest BCUT2D eigenvalue weighted by Gasteiger charge is 2.26. The molecule has 2 aromatic heterocycles. The summed E-state index contributed by atoms with van der Waals surface area (Å²) in [6.07, 6.45) is 6.28. The van der Waals surface area contributed by atoms with Crippen LogP contribution < -0.4 is 16.6 Å². The molecule has 0 fully saturated rings. The van der Waals surface area contributed by atoms with Crippen LogP contribution in [0.1, 0.15) is 57.1 Å². The summed E-state index contributed by atoms with van der Waals surface area (Å²) in [6, 6.07) is 0. The van der Waals surface area contributed by atoms with Crippen molar-refractivity contribution in [2.24, 2.45) is 5.73 Å². The highest BCUT2D eigenvalue weighted by atomic mass is 32.1. The molecule has 4 rings (SSSR count). The zero-order chi connectivity index (χ0) is 19.1. The van der Waals surface area contributed by atoms with E-state index in [2.05, 4.69) is 10.3 Å². The van der Waals surface area contributed by atoms with Gasteiger partial charge in [0.25, 0.3) is 11.5 Å². The molecular weight excluding hydrogens is 364 g/mol. The molecule has 2 aliphatic carbocycles. The zero-order valence-corrected chi connectivity index (χ0v) is 16.1. The Morgan fingerprint density at radius 3 is 2.67 bits per heavy atom. The second-order valence-electron chi connectivity index (χ2n) is 7.16. The van der Waals surface area contributed by atoms with Crippen LogP contribution in [0.25, 0.3) is 0 Å². The minimum absolute atomic E-state index is 0.119. The first-order valence-electron chi connectivity index (χ1n) is 9.29. The van der Waals surface area contributed by atoms with Crippen molar-refractivity contribution in [3.05, 3.63) is 43.4 Å². The lowest BCUT2D eigenvalue weighted by Crippen LogP contribution is -2.32. The number of rotatable bonds is 4. The first-order chi connectivity index (χ1) is 13.0. The number of aromatic nitrogens is 2. The molecule has 0 atom stereocenters. The number of nitrogens with one attached hydrogen (secondary N) is 1. The SMILES string of the molecule is Cc1nc2c(c(=O)n1CC(=O)Nc1sc3c(c1C(N)=O)CCCC3)CCC2. The van der Waals surface area contributed by atoms with Gasteiger partial charge in [-0.25, -0.2) is 4.98 Å². The number of thiophene rings is 1. The van der Waals surface area contributed by atoms with Gasteiger partial charge >= 0.3 is 0 Å². The van der Waals surface area contributed by atoms with Gasteiger partial charge in [-0.1, -0.05) is 0 Å². The lowest BCUT2D eigenvalue weighted by atomic mass is 9.95. The third kappa shape index (κ3) is 3.18. The first kappa shape index (κ1) is 17.9. The van der Waals surface area contributed by atoms with Crippen LogP contribution in [0.2, 0.25) is 0 Å². The number of carbonyl (C=O) groups is 2. The number of amides is 2. The fourth-order valence-electron chi connectivity index (χ4n) is 4.06. The fraction of sp³-hybridized carbons (Fsp3) is 0.474. The van der Waals surface area contributed by atoms with Crippen molar-refractivity contribution in [1.29, 1.82) is 0 Å². The van der Waals surface area contributed by atoms with Crippen LogP contribution in [0.4, 0.5) is 5.00 Å². The predicted octanol–water partition coefficient (Wildman–Crippen LogP) is 1.72. The average molecular weight is 386 g/mol. The standard InChI is InChI=1S/C19H22N4O3S/c1-10-21-13-7-4-6-11(13)19(26)23(10)9-15(24)22-18-16(17(20)25)12-5-2-3-8-14(12)27-18/h2-9H2,1H3,(H2,20,25)(H,22,24). The predicted molar refractivity (Wildman–Crippen MR) is 103 cm³/mol. The van der Waals surface area contributed by atoms with Crippen LogP contribution in [-0.4, -0.2) is 21.4 Å². The summed E-state index contributed by atoms with van der Waals surface area (Å²) >= 11 is 1.42. The van der Waals surface area contributed by atoms with Gasteiger partial charge in [-0.05, 0) is 57.4 Å². The van der Waals surface area contributed by atoms with E-state index in [4.69, 9.17) is 5.73 Å². The number of carbonyl (C=O) groups excluding carboxylic acids is 2. The van der Waals surface area contributed by atoms with Crippen molar-refractivity contribution in [3.8, 4) is 0 Å². The largest absolute Gasteiger partial charge is 0.365 e. The molecule has 0 radical (unpaired) electrons. The minimum atomic E-state index is -0.516. The molecule has 27 heavy (non-hydrogen) atoms. The van der Waals surface area contributed by atoms with E-state index in [-0.39, 0.29) is 18.0 Å². The summed E-state index contributed by atoms with van der Waals surface area (Å²) in [6.45, 7) is 1.62. The highest BCUT2D eigenvalue weighted by molar-refractivity contribution is 7.17. The molecule has 3 N–H and O–H groups in total.